The van der Waals surface area contributed by atoms with Gasteiger partial charge in [0.05, 0.1) is 4.90 Å². The molecule has 0 saturated carbocycles. The lowest BCUT2D eigenvalue weighted by atomic mass is 9.62. The van der Waals surface area contributed by atoms with E-state index in [0.717, 1.165) is 16.4 Å². The van der Waals surface area contributed by atoms with E-state index in [1.54, 1.807) is 40.0 Å². The van der Waals surface area contributed by atoms with Crippen molar-refractivity contribution < 1.29 is 22.1 Å². The molecule has 0 radical (unpaired) electrons. The Balaban J connectivity index is 1.99. The molecule has 0 aromatic heterocycles. The van der Waals surface area contributed by atoms with Crippen molar-refractivity contribution in [1.29, 1.82) is 0 Å². The third-order valence-electron chi connectivity index (χ3n) is 5.48. The van der Waals surface area contributed by atoms with Gasteiger partial charge in [-0.1, -0.05) is 34.7 Å². The summed E-state index contributed by atoms with van der Waals surface area (Å²) in [6.07, 6.45) is -1.08. The SMILES string of the molecule is Bc1c(B)c(B)c(S(=O)(=O)OC2=C(N)OC(c3ccc(Cl)cc3)C2=O)c(B)c1B. The first-order chi connectivity index (χ1) is 13.5. The number of nitrogens with two attached hydrogens (primary N) is 1. The van der Waals surface area contributed by atoms with Crippen molar-refractivity contribution in [2.45, 2.75) is 11.0 Å². The first-order valence-electron chi connectivity index (χ1n) is 8.93. The van der Waals surface area contributed by atoms with E-state index in [9.17, 15) is 13.2 Å². The molecular weight excluding hydrogens is 408 g/mol. The minimum Gasteiger partial charge on any atom is -0.460 e. The molecule has 0 aliphatic carbocycles. The number of hydrogen-bond acceptors (Lipinski definition) is 6. The van der Waals surface area contributed by atoms with E-state index in [0.29, 0.717) is 21.5 Å². The molecule has 144 valence electrons. The van der Waals surface area contributed by atoms with Crippen LogP contribution in [-0.4, -0.2) is 53.4 Å². The van der Waals surface area contributed by atoms with Crippen molar-refractivity contribution in [1.82, 2.24) is 0 Å². The molecule has 13 heteroatoms. The van der Waals surface area contributed by atoms with Crippen LogP contribution in [0, 0.1) is 0 Å². The highest BCUT2D eigenvalue weighted by molar-refractivity contribution is 7.87. The van der Waals surface area contributed by atoms with Crippen molar-refractivity contribution in [3.05, 3.63) is 46.5 Å². The Morgan fingerprint density at radius 3 is 1.93 bits per heavy atom. The Hall–Kier alpha value is -2.19. The fourth-order valence-corrected chi connectivity index (χ4v) is 5.05. The van der Waals surface area contributed by atoms with E-state index in [4.69, 9.17) is 26.3 Å². The lowest BCUT2D eigenvalue weighted by Gasteiger charge is -2.19. The van der Waals surface area contributed by atoms with Crippen molar-refractivity contribution in [2.24, 2.45) is 5.73 Å². The van der Waals surface area contributed by atoms with Crippen LogP contribution >= 0.6 is 11.6 Å². The fraction of sp³-hybridized carbons (Fsp3) is 0.0625. The van der Waals surface area contributed by atoms with Gasteiger partial charge in [0.15, 0.2) is 6.10 Å². The predicted octanol–water partition coefficient (Wildman–Crippen LogP) is -6.19. The smallest absolute Gasteiger partial charge is 0.338 e. The van der Waals surface area contributed by atoms with Gasteiger partial charge in [-0.2, -0.15) is 8.42 Å². The van der Waals surface area contributed by atoms with Gasteiger partial charge < -0.3 is 14.7 Å². The normalized spacial score (nSPS) is 16.7. The summed E-state index contributed by atoms with van der Waals surface area (Å²) < 4.78 is 36.8. The summed E-state index contributed by atoms with van der Waals surface area (Å²) in [7, 11) is 4.76. The molecule has 0 saturated heterocycles. The molecule has 2 aromatic rings. The third kappa shape index (κ3) is 3.71. The summed E-state index contributed by atoms with van der Waals surface area (Å²) in [6.45, 7) is 0. The second-order valence-electron chi connectivity index (χ2n) is 7.10. The second kappa shape index (κ2) is 7.57. The Labute approximate surface area is 179 Å². The highest BCUT2D eigenvalue weighted by Crippen LogP contribution is 2.33. The lowest BCUT2D eigenvalue weighted by molar-refractivity contribution is -0.123. The Bertz CT molecular complexity index is 1140. The van der Waals surface area contributed by atoms with Crippen LogP contribution in [-0.2, 0) is 23.8 Å². The van der Waals surface area contributed by atoms with Gasteiger partial charge in [-0.15, -0.1) is 16.4 Å². The van der Waals surface area contributed by atoms with E-state index in [1.807, 2.05) is 23.5 Å². The molecule has 0 amide bonds. The van der Waals surface area contributed by atoms with Crippen molar-refractivity contribution in [2.75, 3.05) is 0 Å². The molecule has 1 aliphatic rings. The van der Waals surface area contributed by atoms with Gasteiger partial charge in [-0.05, 0) is 12.1 Å². The summed E-state index contributed by atoms with van der Waals surface area (Å²) in [5, 5.41) is 0.496. The number of halogens is 1. The molecule has 6 nitrogen and oxygen atoms in total. The molecule has 0 fully saturated rings. The summed E-state index contributed by atoms with van der Waals surface area (Å²) in [5.41, 5.74) is 10.2. The maximum Gasteiger partial charge on any atom is 0.338 e. The number of benzene rings is 2. The van der Waals surface area contributed by atoms with Gasteiger partial charge in [-0.25, -0.2) is 0 Å². The molecule has 2 aromatic carbocycles. The Morgan fingerprint density at radius 2 is 1.41 bits per heavy atom. The zero-order valence-corrected chi connectivity index (χ0v) is 18.4. The number of carbonyl (C=O) groups is 1. The van der Waals surface area contributed by atoms with Gasteiger partial charge in [0.2, 0.25) is 17.4 Å². The number of ether oxygens (including phenoxy) is 1. The fourth-order valence-electron chi connectivity index (χ4n) is 3.41. The summed E-state index contributed by atoms with van der Waals surface area (Å²) >= 11 is 5.87. The van der Waals surface area contributed by atoms with E-state index in [2.05, 4.69) is 0 Å². The maximum atomic E-state index is 13.1. The number of Topliss-reactive ketones (excluding diaryl/α,β-unsaturated/α-hetero) is 1. The Morgan fingerprint density at radius 1 is 0.931 bits per heavy atom. The molecule has 2 N–H and O–H groups in total. The van der Waals surface area contributed by atoms with Crippen LogP contribution in [0.2, 0.25) is 5.02 Å². The van der Waals surface area contributed by atoms with E-state index in [1.165, 1.54) is 0 Å². The van der Waals surface area contributed by atoms with Crippen molar-refractivity contribution >= 4 is 94.0 Å². The van der Waals surface area contributed by atoms with Gasteiger partial charge in [0.1, 0.15) is 39.2 Å². The number of rotatable bonds is 4. The number of hydrogen-bond donors (Lipinski definition) is 1. The van der Waals surface area contributed by atoms with Crippen LogP contribution in [0.15, 0.2) is 40.8 Å². The standard InChI is InChI=1S/C16H17B5ClNO5S/c17-7-8(18)10(20)15(11(21)9(7)19)29(25,26)28-14-12(24)13(27-16(14)23)5-1-3-6(22)4-2-5/h1-4,13H,17-21,23H2. The van der Waals surface area contributed by atoms with Gasteiger partial charge >= 0.3 is 10.1 Å². The largest absolute Gasteiger partial charge is 0.460 e. The number of ketones is 1. The minimum atomic E-state index is -4.30. The Kier molecular flexibility index (Phi) is 5.62. The predicted molar refractivity (Wildman–Crippen MR) is 127 cm³/mol. The molecule has 1 aliphatic heterocycles. The summed E-state index contributed by atoms with van der Waals surface area (Å²) in [5.74, 6) is -1.54. The molecular formula is C16H17B5ClNO5S. The average molecular weight is 425 g/mol. The highest BCUT2D eigenvalue weighted by Gasteiger charge is 2.40. The maximum absolute atomic E-state index is 13.1. The molecule has 0 spiro atoms. The first kappa shape index (κ1) is 21.5. The average Bonchev–Trinajstić information content (AvgIpc) is 2.93. The van der Waals surface area contributed by atoms with Crippen LogP contribution in [0.1, 0.15) is 11.7 Å². The van der Waals surface area contributed by atoms with Gasteiger partial charge in [0.25, 0.3) is 0 Å². The second-order valence-corrected chi connectivity index (χ2v) is 9.02. The number of carbonyl (C=O) groups excluding carboxylic acids is 1. The van der Waals surface area contributed by atoms with Crippen LogP contribution in [0.4, 0.5) is 0 Å². The monoisotopic (exact) mass is 425 g/mol. The molecule has 0 bridgehead atoms. The van der Waals surface area contributed by atoms with E-state index < -0.39 is 27.8 Å². The molecule has 1 unspecified atom stereocenters. The first-order valence-corrected chi connectivity index (χ1v) is 10.7. The van der Waals surface area contributed by atoms with Crippen molar-refractivity contribution in [3.8, 4) is 0 Å². The van der Waals surface area contributed by atoms with Crippen molar-refractivity contribution in [3.63, 3.8) is 0 Å². The molecule has 29 heavy (non-hydrogen) atoms. The van der Waals surface area contributed by atoms with Crippen LogP contribution in [0.25, 0.3) is 0 Å². The zero-order valence-electron chi connectivity index (χ0n) is 16.8. The molecule has 3 rings (SSSR count). The zero-order chi connectivity index (χ0) is 21.7. The summed E-state index contributed by atoms with van der Waals surface area (Å²) in [4.78, 5) is 12.8. The minimum absolute atomic E-state index is 0.0427. The van der Waals surface area contributed by atoms with Gasteiger partial charge in [-0.3, -0.25) is 4.79 Å². The van der Waals surface area contributed by atoms with Crippen LogP contribution in [0.3, 0.4) is 0 Å². The third-order valence-corrected chi connectivity index (χ3v) is 7.23. The summed E-state index contributed by atoms with van der Waals surface area (Å²) in [6, 6.07) is 6.42. The van der Waals surface area contributed by atoms with Crippen LogP contribution < -0.4 is 33.0 Å². The molecule has 1 atom stereocenters. The van der Waals surface area contributed by atoms with E-state index >= 15 is 0 Å². The lowest BCUT2D eigenvalue weighted by Crippen LogP contribution is -2.56. The van der Waals surface area contributed by atoms with Gasteiger partial charge in [0, 0.05) is 10.6 Å². The van der Waals surface area contributed by atoms with E-state index in [-0.39, 0.29) is 10.8 Å². The topological polar surface area (TPSA) is 95.7 Å². The van der Waals surface area contributed by atoms with Crippen LogP contribution in [0.5, 0.6) is 0 Å². The highest BCUT2D eigenvalue weighted by atomic mass is 35.5. The quantitative estimate of drug-likeness (QED) is 0.387. The molecule has 1 heterocycles.